The fourth-order valence-electron chi connectivity index (χ4n) is 5.10. The van der Waals surface area contributed by atoms with Crippen LogP contribution in [-0.4, -0.2) is 84.7 Å². The van der Waals surface area contributed by atoms with Gasteiger partial charge in [0.05, 0.1) is 32.4 Å². The second kappa shape index (κ2) is 12.0. The van der Waals surface area contributed by atoms with Crippen molar-refractivity contribution in [1.82, 2.24) is 15.1 Å². The van der Waals surface area contributed by atoms with Crippen molar-refractivity contribution in [2.45, 2.75) is 44.4 Å². The minimum Gasteiger partial charge on any atom is -0.493 e. The fraction of sp³-hybridized carbons (Fsp3) is 0.483. The number of methoxy groups -OCH3 is 1. The highest BCUT2D eigenvalue weighted by molar-refractivity contribution is 5.97. The van der Waals surface area contributed by atoms with Gasteiger partial charge >= 0.3 is 0 Å². The van der Waals surface area contributed by atoms with E-state index in [1.807, 2.05) is 29.2 Å². The lowest BCUT2D eigenvalue weighted by Crippen LogP contribution is -2.58. The second-order valence-electron chi connectivity index (χ2n) is 10.3. The average molecular weight is 538 g/mol. The molecule has 4 bridgehead atoms. The van der Waals surface area contributed by atoms with Gasteiger partial charge in [0.25, 0.3) is 5.91 Å². The summed E-state index contributed by atoms with van der Waals surface area (Å²) in [6, 6.07) is 12.0. The maximum absolute atomic E-state index is 13.5. The van der Waals surface area contributed by atoms with Crippen LogP contribution in [0.1, 0.15) is 41.6 Å². The number of amides is 3. The molecule has 2 aromatic carbocycles. The van der Waals surface area contributed by atoms with Crippen LogP contribution in [0.3, 0.4) is 0 Å². The van der Waals surface area contributed by atoms with Gasteiger partial charge in [0.2, 0.25) is 11.8 Å². The van der Waals surface area contributed by atoms with E-state index in [4.69, 9.17) is 14.2 Å². The molecule has 2 aliphatic heterocycles. The number of aliphatic hydroxyl groups excluding tert-OH is 1. The number of carbonyl (C=O) groups excluding carboxylic acids is 3. The zero-order valence-corrected chi connectivity index (χ0v) is 22.1. The van der Waals surface area contributed by atoms with Gasteiger partial charge in [-0.2, -0.15) is 0 Å². The Morgan fingerprint density at radius 1 is 1.15 bits per heavy atom. The minimum absolute atomic E-state index is 0.0908. The Bertz CT molecular complexity index is 1220. The first-order chi connectivity index (χ1) is 18.9. The number of rotatable bonds is 5. The highest BCUT2D eigenvalue weighted by Crippen LogP contribution is 2.34. The van der Waals surface area contributed by atoms with Crippen LogP contribution in [0.5, 0.6) is 17.2 Å². The lowest BCUT2D eigenvalue weighted by molar-refractivity contribution is -0.138. The lowest BCUT2D eigenvalue weighted by Gasteiger charge is -2.39. The summed E-state index contributed by atoms with van der Waals surface area (Å²) in [7, 11) is 1.53. The van der Waals surface area contributed by atoms with Crippen LogP contribution in [0.25, 0.3) is 0 Å². The molecule has 2 aromatic rings. The number of fused-ring (bicyclic) bond motifs is 5. The molecule has 0 spiro atoms. The van der Waals surface area contributed by atoms with Gasteiger partial charge in [-0.3, -0.25) is 14.4 Å². The molecule has 3 aliphatic rings. The summed E-state index contributed by atoms with van der Waals surface area (Å²) in [5.41, 5.74) is 1.22. The van der Waals surface area contributed by atoms with Crippen molar-refractivity contribution in [3.05, 3.63) is 53.6 Å². The number of hydrogen-bond acceptors (Lipinski definition) is 7. The molecule has 3 amide bonds. The van der Waals surface area contributed by atoms with Gasteiger partial charge in [0.1, 0.15) is 5.75 Å². The number of carbonyl (C=O) groups is 3. The van der Waals surface area contributed by atoms with Crippen LogP contribution in [-0.2, 0) is 20.9 Å². The first-order valence-electron chi connectivity index (χ1n) is 13.5. The molecule has 0 aromatic heterocycles. The van der Waals surface area contributed by atoms with Crippen LogP contribution in [0.2, 0.25) is 0 Å². The normalized spacial score (nSPS) is 22.0. The summed E-state index contributed by atoms with van der Waals surface area (Å²) < 4.78 is 17.9. The van der Waals surface area contributed by atoms with E-state index in [1.165, 1.54) is 12.0 Å². The van der Waals surface area contributed by atoms with E-state index in [0.717, 1.165) is 18.4 Å². The number of aliphatic hydroxyl groups is 1. The van der Waals surface area contributed by atoms with E-state index in [2.05, 4.69) is 5.32 Å². The number of piperidine rings is 1. The van der Waals surface area contributed by atoms with E-state index in [1.54, 1.807) is 18.2 Å². The summed E-state index contributed by atoms with van der Waals surface area (Å²) in [4.78, 5) is 42.8. The Labute approximate surface area is 227 Å². The van der Waals surface area contributed by atoms with Crippen molar-refractivity contribution in [2.75, 3.05) is 39.9 Å². The van der Waals surface area contributed by atoms with Crippen molar-refractivity contribution >= 4 is 17.7 Å². The number of benzene rings is 2. The van der Waals surface area contributed by atoms with Crippen molar-refractivity contribution in [3.63, 3.8) is 0 Å². The fourth-order valence-corrected chi connectivity index (χ4v) is 5.10. The monoisotopic (exact) mass is 537 g/mol. The summed E-state index contributed by atoms with van der Waals surface area (Å²) in [5.74, 6) is 0.909. The summed E-state index contributed by atoms with van der Waals surface area (Å²) >= 11 is 0. The molecule has 5 rings (SSSR count). The third-order valence-corrected chi connectivity index (χ3v) is 7.34. The molecule has 0 radical (unpaired) electrons. The second-order valence-corrected chi connectivity index (χ2v) is 10.3. The van der Waals surface area contributed by atoms with Gasteiger partial charge in [0, 0.05) is 37.7 Å². The van der Waals surface area contributed by atoms with Crippen molar-refractivity contribution < 1.29 is 33.7 Å². The van der Waals surface area contributed by atoms with Crippen molar-refractivity contribution in [2.24, 2.45) is 5.92 Å². The third-order valence-electron chi connectivity index (χ3n) is 7.34. The molecular formula is C29H35N3O7. The summed E-state index contributed by atoms with van der Waals surface area (Å²) in [6.45, 7) is 1.13. The highest BCUT2D eigenvalue weighted by Gasteiger charge is 2.39. The van der Waals surface area contributed by atoms with Gasteiger partial charge in [-0.05, 0) is 61.6 Å². The Morgan fingerprint density at radius 3 is 2.77 bits per heavy atom. The number of nitrogens with one attached hydrogen (secondary N) is 1. The molecular weight excluding hydrogens is 502 g/mol. The molecule has 39 heavy (non-hydrogen) atoms. The molecule has 2 heterocycles. The molecule has 1 saturated carbocycles. The van der Waals surface area contributed by atoms with Gasteiger partial charge in [-0.1, -0.05) is 12.1 Å². The third kappa shape index (κ3) is 6.51. The van der Waals surface area contributed by atoms with Crippen LogP contribution in [0.4, 0.5) is 0 Å². The minimum atomic E-state index is -0.413. The van der Waals surface area contributed by atoms with E-state index >= 15 is 0 Å². The Balaban J connectivity index is 1.46. The predicted octanol–water partition coefficient (Wildman–Crippen LogP) is 2.34. The maximum atomic E-state index is 13.5. The molecule has 0 unspecified atom stereocenters. The largest absolute Gasteiger partial charge is 0.493 e. The molecule has 2 fully saturated rings. The van der Waals surface area contributed by atoms with Gasteiger partial charge in [-0.25, -0.2) is 0 Å². The zero-order valence-electron chi connectivity index (χ0n) is 22.1. The topological polar surface area (TPSA) is 118 Å². The van der Waals surface area contributed by atoms with Gasteiger partial charge in [-0.15, -0.1) is 0 Å². The molecule has 2 N–H and O–H groups in total. The van der Waals surface area contributed by atoms with Crippen LogP contribution in [0.15, 0.2) is 42.5 Å². The quantitative estimate of drug-likeness (QED) is 0.601. The SMILES string of the molecule is COc1ccc2cc1Oc1cccc(c1)CO[C@H]1CCN(C(=O)C3CC3)C[C@@H]1NC(=O)CN(CCCO)C2=O. The molecule has 10 heteroatoms. The van der Waals surface area contributed by atoms with Crippen molar-refractivity contribution in [1.29, 1.82) is 0 Å². The average Bonchev–Trinajstić information content (AvgIpc) is 3.79. The number of hydrogen-bond donors (Lipinski definition) is 2. The molecule has 208 valence electrons. The zero-order chi connectivity index (χ0) is 27.4. The standard InChI is InChI=1S/C29H35N3O7/c1-37-25-9-8-21-15-26(25)39-22-5-2-4-19(14-22)18-38-24-10-12-32(28(35)20-6-7-20)16-23(24)30-27(34)17-31(29(21)36)11-3-13-33/h2,4-5,8-9,14-15,20,23-24,33H,3,6-7,10-13,16-18H2,1H3,(H,30,34)/t23-,24-/m0/s1. The van der Waals surface area contributed by atoms with Gasteiger partial charge < -0.3 is 34.4 Å². The highest BCUT2D eigenvalue weighted by atomic mass is 16.5. The molecule has 2 atom stereocenters. The number of likely N-dealkylation sites (tertiary alicyclic amines) is 1. The smallest absolute Gasteiger partial charge is 0.254 e. The summed E-state index contributed by atoms with van der Waals surface area (Å²) in [5, 5.41) is 12.5. The van der Waals surface area contributed by atoms with E-state index in [0.29, 0.717) is 55.4 Å². The van der Waals surface area contributed by atoms with Crippen molar-refractivity contribution in [3.8, 4) is 17.2 Å². The van der Waals surface area contributed by atoms with Crippen LogP contribution in [0, 0.1) is 5.92 Å². The Kier molecular flexibility index (Phi) is 8.33. The number of nitrogens with zero attached hydrogens (tertiary/aromatic N) is 2. The predicted molar refractivity (Wildman–Crippen MR) is 142 cm³/mol. The van der Waals surface area contributed by atoms with E-state index in [9.17, 15) is 19.5 Å². The number of ether oxygens (including phenoxy) is 3. The summed E-state index contributed by atoms with van der Waals surface area (Å²) in [6.07, 6.45) is 2.45. The van der Waals surface area contributed by atoms with Crippen LogP contribution >= 0.6 is 0 Å². The molecule has 1 saturated heterocycles. The molecule has 10 nitrogen and oxygen atoms in total. The van der Waals surface area contributed by atoms with E-state index < -0.39 is 6.04 Å². The van der Waals surface area contributed by atoms with E-state index in [-0.39, 0.29) is 49.4 Å². The Hall–Kier alpha value is -3.63. The molecule has 1 aliphatic carbocycles. The Morgan fingerprint density at radius 2 is 2.00 bits per heavy atom. The first kappa shape index (κ1) is 27.0. The maximum Gasteiger partial charge on any atom is 0.254 e. The lowest BCUT2D eigenvalue weighted by atomic mass is 10.0. The van der Waals surface area contributed by atoms with Crippen LogP contribution < -0.4 is 14.8 Å². The first-order valence-corrected chi connectivity index (χ1v) is 13.5. The van der Waals surface area contributed by atoms with Gasteiger partial charge in [0.15, 0.2) is 11.5 Å².